The van der Waals surface area contributed by atoms with E-state index in [-0.39, 0.29) is 30.3 Å². The molecule has 0 radical (unpaired) electrons. The average molecular weight is 627 g/mol. The molecule has 2 aliphatic heterocycles. The number of epoxide rings is 2. The Labute approximate surface area is 270 Å². The van der Waals surface area contributed by atoms with Crippen molar-refractivity contribution in [3.8, 4) is 23.0 Å². The fraction of sp³-hybridized carbons (Fsp3) is 0.368. The fourth-order valence-electron chi connectivity index (χ4n) is 5.18. The third-order valence-corrected chi connectivity index (χ3v) is 8.63. The van der Waals surface area contributed by atoms with Crippen LogP contribution in [0.5, 0.6) is 23.0 Å². The van der Waals surface area contributed by atoms with Gasteiger partial charge in [-0.2, -0.15) is 4.89 Å². The summed E-state index contributed by atoms with van der Waals surface area (Å²) in [5.41, 5.74) is 4.15. The molecule has 8 heteroatoms. The molecule has 2 fully saturated rings. The molecule has 0 spiro atoms. The summed E-state index contributed by atoms with van der Waals surface area (Å²) in [5.74, 6) is 2.32. The van der Waals surface area contributed by atoms with Crippen molar-refractivity contribution < 1.29 is 38.6 Å². The summed E-state index contributed by atoms with van der Waals surface area (Å²) >= 11 is 0. The summed E-state index contributed by atoms with van der Waals surface area (Å²) in [6, 6.07) is 31.9. The van der Waals surface area contributed by atoms with Crippen LogP contribution in [-0.2, 0) is 25.2 Å². The van der Waals surface area contributed by atoms with Crippen molar-refractivity contribution in [2.45, 2.75) is 63.6 Å². The first-order valence-corrected chi connectivity index (χ1v) is 15.6. The summed E-state index contributed by atoms with van der Waals surface area (Å²) in [5, 5.41) is 10.5. The third kappa shape index (κ3) is 7.82. The SMILES string of the molecule is CC1(Oc2ccc(C(C)(C)c3ccc(OCC(O)COc4ccc(C(C)(C)c5ccc(OOC6CO6)cc5)cc4)cc3)cc2)CO1. The summed E-state index contributed by atoms with van der Waals surface area (Å²) in [4.78, 5) is 10.4. The maximum absolute atomic E-state index is 10.5. The second-order valence-electron chi connectivity index (χ2n) is 13.1. The van der Waals surface area contributed by atoms with Crippen LogP contribution in [0.3, 0.4) is 0 Å². The number of rotatable bonds is 15. The minimum atomic E-state index is -0.785. The van der Waals surface area contributed by atoms with Gasteiger partial charge in [-0.25, -0.2) is 0 Å². The minimum absolute atomic E-state index is 0.119. The first-order valence-electron chi connectivity index (χ1n) is 15.6. The maximum atomic E-state index is 10.5. The molecule has 0 bridgehead atoms. The van der Waals surface area contributed by atoms with Crippen molar-refractivity contribution in [1.29, 1.82) is 0 Å². The topological polar surface area (TPSA) is 91.4 Å². The van der Waals surface area contributed by atoms with E-state index in [2.05, 4.69) is 52.0 Å². The number of aliphatic hydroxyl groups excluding tert-OH is 1. The molecular formula is C38H42O8. The van der Waals surface area contributed by atoms with Crippen LogP contribution in [0.2, 0.25) is 0 Å². The Bertz CT molecular complexity index is 1570. The first kappa shape index (κ1) is 31.9. The van der Waals surface area contributed by atoms with Crippen molar-refractivity contribution in [1.82, 2.24) is 0 Å². The number of hydrogen-bond donors (Lipinski definition) is 1. The highest BCUT2D eigenvalue weighted by molar-refractivity contribution is 5.43. The van der Waals surface area contributed by atoms with Gasteiger partial charge in [-0.1, -0.05) is 76.2 Å². The molecule has 2 heterocycles. The first-order chi connectivity index (χ1) is 22.0. The van der Waals surface area contributed by atoms with E-state index in [1.807, 2.05) is 79.7 Å². The zero-order chi connectivity index (χ0) is 32.4. The van der Waals surface area contributed by atoms with Crippen LogP contribution < -0.4 is 19.1 Å². The molecule has 0 aromatic heterocycles. The second-order valence-corrected chi connectivity index (χ2v) is 13.1. The Kier molecular flexibility index (Phi) is 8.99. The second kappa shape index (κ2) is 13.0. The average Bonchev–Trinajstić information content (AvgIpc) is 4.01. The zero-order valence-corrected chi connectivity index (χ0v) is 27.0. The summed E-state index contributed by atoms with van der Waals surface area (Å²) in [7, 11) is 0. The van der Waals surface area contributed by atoms with Crippen molar-refractivity contribution in [2.24, 2.45) is 0 Å². The lowest BCUT2D eigenvalue weighted by atomic mass is 9.78. The van der Waals surface area contributed by atoms with E-state index in [9.17, 15) is 5.11 Å². The molecule has 4 aromatic carbocycles. The van der Waals surface area contributed by atoms with Gasteiger partial charge in [-0.05, 0) is 70.8 Å². The molecule has 3 unspecified atom stereocenters. The molecule has 242 valence electrons. The molecule has 6 rings (SSSR count). The lowest BCUT2D eigenvalue weighted by molar-refractivity contribution is -0.239. The van der Waals surface area contributed by atoms with Crippen LogP contribution in [0.15, 0.2) is 97.1 Å². The molecule has 0 saturated carbocycles. The molecule has 2 saturated heterocycles. The monoisotopic (exact) mass is 626 g/mol. The van der Waals surface area contributed by atoms with E-state index in [1.165, 1.54) is 5.56 Å². The molecule has 4 aromatic rings. The van der Waals surface area contributed by atoms with Crippen molar-refractivity contribution in [3.05, 3.63) is 119 Å². The quantitative estimate of drug-likeness (QED) is 0.0862. The molecular weight excluding hydrogens is 584 g/mol. The Hall–Kier alpha value is -4.08. The molecule has 1 N–H and O–H groups in total. The Morgan fingerprint density at radius 2 is 1.04 bits per heavy atom. The van der Waals surface area contributed by atoms with Gasteiger partial charge in [0.05, 0.1) is 0 Å². The lowest BCUT2D eigenvalue weighted by Crippen LogP contribution is -2.25. The molecule has 0 amide bonds. The summed E-state index contributed by atoms with van der Waals surface area (Å²) in [6.45, 7) is 12.1. The van der Waals surface area contributed by atoms with Crippen LogP contribution in [0.1, 0.15) is 56.9 Å². The molecule has 3 atom stereocenters. The highest BCUT2D eigenvalue weighted by Gasteiger charge is 2.42. The molecule has 0 aliphatic carbocycles. The number of benzene rings is 4. The van der Waals surface area contributed by atoms with Gasteiger partial charge in [0.15, 0.2) is 5.75 Å². The summed E-state index contributed by atoms with van der Waals surface area (Å²) in [6.07, 6.45) is -1.04. The van der Waals surface area contributed by atoms with Crippen LogP contribution in [0.25, 0.3) is 0 Å². The van der Waals surface area contributed by atoms with Gasteiger partial charge in [-0.3, -0.25) is 0 Å². The number of aliphatic hydroxyl groups is 1. The van der Waals surface area contributed by atoms with Crippen LogP contribution >= 0.6 is 0 Å². The smallest absolute Gasteiger partial charge is 0.231 e. The Morgan fingerprint density at radius 3 is 1.41 bits per heavy atom. The van der Waals surface area contributed by atoms with Crippen LogP contribution in [0, 0.1) is 0 Å². The largest absolute Gasteiger partial charge is 0.491 e. The predicted molar refractivity (Wildman–Crippen MR) is 173 cm³/mol. The van der Waals surface area contributed by atoms with Gasteiger partial charge in [0.25, 0.3) is 0 Å². The fourth-order valence-corrected chi connectivity index (χ4v) is 5.18. The maximum Gasteiger partial charge on any atom is 0.231 e. The van der Waals surface area contributed by atoms with Gasteiger partial charge in [0.2, 0.25) is 12.1 Å². The van der Waals surface area contributed by atoms with Gasteiger partial charge in [0, 0.05) is 17.8 Å². The van der Waals surface area contributed by atoms with Crippen LogP contribution in [0.4, 0.5) is 0 Å². The molecule has 8 nitrogen and oxygen atoms in total. The summed E-state index contributed by atoms with van der Waals surface area (Å²) < 4.78 is 27.9. The van der Waals surface area contributed by atoms with E-state index >= 15 is 0 Å². The van der Waals surface area contributed by atoms with Gasteiger partial charge >= 0.3 is 0 Å². The molecule has 2 aliphatic rings. The molecule has 46 heavy (non-hydrogen) atoms. The van der Waals surface area contributed by atoms with E-state index in [0.717, 1.165) is 22.4 Å². The highest BCUT2D eigenvalue weighted by Crippen LogP contribution is 2.36. The normalized spacial score (nSPS) is 19.7. The minimum Gasteiger partial charge on any atom is -0.491 e. The lowest BCUT2D eigenvalue weighted by Gasteiger charge is -2.27. The zero-order valence-electron chi connectivity index (χ0n) is 27.0. The van der Waals surface area contributed by atoms with E-state index in [4.69, 9.17) is 33.5 Å². The number of ether oxygens (including phenoxy) is 5. The van der Waals surface area contributed by atoms with E-state index < -0.39 is 11.9 Å². The Balaban J connectivity index is 0.959. The van der Waals surface area contributed by atoms with E-state index in [1.54, 1.807) is 0 Å². The van der Waals surface area contributed by atoms with Gasteiger partial charge in [0.1, 0.15) is 49.8 Å². The number of hydrogen-bond acceptors (Lipinski definition) is 8. The standard InChI is InChI=1S/C38H42O8/c1-36(2,28-10-18-33(19-11-28)44-38(5)25-43-38)26-6-14-31(15-7-26)40-22-30(39)23-41-32-16-8-27(9-17-32)37(3,4)29-12-20-34(21-13-29)45-46-35-24-42-35/h6-21,30,35,39H,22-25H2,1-5H3. The van der Waals surface area contributed by atoms with E-state index in [0.29, 0.717) is 30.5 Å². The van der Waals surface area contributed by atoms with Gasteiger partial charge < -0.3 is 33.7 Å². The predicted octanol–water partition coefficient (Wildman–Crippen LogP) is 6.95. The van der Waals surface area contributed by atoms with Crippen LogP contribution in [-0.4, -0.2) is 49.7 Å². The van der Waals surface area contributed by atoms with Crippen molar-refractivity contribution >= 4 is 0 Å². The van der Waals surface area contributed by atoms with Crippen molar-refractivity contribution in [3.63, 3.8) is 0 Å². The Morgan fingerprint density at radius 1 is 0.674 bits per heavy atom. The van der Waals surface area contributed by atoms with Crippen molar-refractivity contribution in [2.75, 3.05) is 26.4 Å². The highest BCUT2D eigenvalue weighted by atomic mass is 17.2. The van der Waals surface area contributed by atoms with Gasteiger partial charge in [-0.15, -0.1) is 0 Å². The third-order valence-electron chi connectivity index (χ3n) is 8.63.